The van der Waals surface area contributed by atoms with Crippen molar-refractivity contribution < 1.29 is 17.3 Å². The maximum Gasteiger partial charge on any atom is 0.296 e. The molecule has 0 radical (unpaired) electrons. The minimum Gasteiger partial charge on any atom is -0.377 e. The zero-order valence-corrected chi connectivity index (χ0v) is 17.0. The summed E-state index contributed by atoms with van der Waals surface area (Å²) in [5, 5.41) is 4.97. The van der Waals surface area contributed by atoms with Gasteiger partial charge in [0.2, 0.25) is 0 Å². The molecule has 1 heterocycles. The molecule has 0 saturated heterocycles. The summed E-state index contributed by atoms with van der Waals surface area (Å²) in [7, 11) is -3.73. The van der Waals surface area contributed by atoms with Gasteiger partial charge in [0.05, 0.1) is 30.0 Å². The van der Waals surface area contributed by atoms with Gasteiger partial charge in [-0.3, -0.25) is 4.18 Å². The largest absolute Gasteiger partial charge is 0.377 e. The van der Waals surface area contributed by atoms with Gasteiger partial charge in [-0.1, -0.05) is 29.3 Å². The molecule has 28 heavy (non-hydrogen) atoms. The van der Waals surface area contributed by atoms with E-state index in [-0.39, 0.29) is 11.5 Å². The summed E-state index contributed by atoms with van der Waals surface area (Å²) < 4.78 is 36.5. The molecule has 3 aromatic rings. The van der Waals surface area contributed by atoms with E-state index in [0.717, 1.165) is 16.8 Å². The second kappa shape index (κ2) is 9.34. The minimum absolute atomic E-state index is 0.0697. The minimum atomic E-state index is -3.73. The van der Waals surface area contributed by atoms with Crippen LogP contribution >= 0.6 is 11.6 Å². The van der Waals surface area contributed by atoms with Crippen LogP contribution < -0.4 is 0 Å². The van der Waals surface area contributed by atoms with E-state index in [1.807, 2.05) is 25.3 Å². The van der Waals surface area contributed by atoms with Crippen molar-refractivity contribution in [1.29, 1.82) is 0 Å². The van der Waals surface area contributed by atoms with Crippen molar-refractivity contribution in [2.24, 2.45) is 0 Å². The fraction of sp³-hybridized carbons (Fsp3) is 0.250. The SMILES string of the molecule is Cc1ccc(S(=O)(=O)OCCCOCc2cnn(-c3ccc(Cl)cc3)c2)cc1. The molecule has 3 rings (SSSR count). The maximum atomic E-state index is 12.1. The lowest BCUT2D eigenvalue weighted by Crippen LogP contribution is -2.09. The summed E-state index contributed by atoms with van der Waals surface area (Å²) in [6, 6.07) is 13.9. The van der Waals surface area contributed by atoms with Crippen molar-refractivity contribution in [2.75, 3.05) is 13.2 Å². The van der Waals surface area contributed by atoms with Crippen molar-refractivity contribution in [2.45, 2.75) is 24.8 Å². The molecule has 0 aliphatic carbocycles. The summed E-state index contributed by atoms with van der Waals surface area (Å²) in [6.45, 7) is 2.74. The second-order valence-corrected chi connectivity index (χ2v) is 8.32. The number of halogens is 1. The maximum absolute atomic E-state index is 12.1. The Bertz CT molecular complexity index is 999. The molecule has 0 saturated carbocycles. The average Bonchev–Trinajstić information content (AvgIpc) is 3.14. The van der Waals surface area contributed by atoms with Gasteiger partial charge in [0, 0.05) is 23.4 Å². The molecule has 8 heteroatoms. The average molecular weight is 421 g/mol. The Hall–Kier alpha value is -2.19. The molecule has 1 aromatic heterocycles. The molecule has 0 aliphatic heterocycles. The van der Waals surface area contributed by atoms with Gasteiger partial charge in [-0.05, 0) is 49.7 Å². The molecule has 6 nitrogen and oxygen atoms in total. The van der Waals surface area contributed by atoms with Gasteiger partial charge >= 0.3 is 0 Å². The number of nitrogens with zero attached hydrogens (tertiary/aromatic N) is 2. The first kappa shape index (κ1) is 20.5. The lowest BCUT2D eigenvalue weighted by Gasteiger charge is -2.06. The molecule has 0 bridgehead atoms. The van der Waals surface area contributed by atoms with Crippen molar-refractivity contribution >= 4 is 21.7 Å². The number of aromatic nitrogens is 2. The molecular formula is C20H21ClN2O4S. The van der Waals surface area contributed by atoms with Crippen LogP contribution in [0.4, 0.5) is 0 Å². The molecule has 0 aliphatic rings. The molecule has 0 spiro atoms. The standard InChI is InChI=1S/C20H21ClN2O4S/c1-16-3-9-20(10-4-16)28(24,25)27-12-2-11-26-15-17-13-22-23(14-17)19-7-5-18(21)6-8-19/h3-10,13-14H,2,11-12,15H2,1H3. The Morgan fingerprint density at radius 3 is 2.46 bits per heavy atom. The van der Waals surface area contributed by atoms with E-state index >= 15 is 0 Å². The summed E-state index contributed by atoms with van der Waals surface area (Å²) in [5.74, 6) is 0. The number of ether oxygens (including phenoxy) is 1. The lowest BCUT2D eigenvalue weighted by molar-refractivity contribution is 0.108. The summed E-state index contributed by atoms with van der Waals surface area (Å²) in [4.78, 5) is 0.161. The van der Waals surface area contributed by atoms with Crippen LogP contribution in [0.25, 0.3) is 5.69 Å². The monoisotopic (exact) mass is 420 g/mol. The van der Waals surface area contributed by atoms with Gasteiger partial charge in [-0.2, -0.15) is 13.5 Å². The normalized spacial score (nSPS) is 11.6. The highest BCUT2D eigenvalue weighted by Gasteiger charge is 2.14. The third-order valence-electron chi connectivity index (χ3n) is 3.98. The van der Waals surface area contributed by atoms with E-state index < -0.39 is 10.1 Å². The number of hydrogen-bond acceptors (Lipinski definition) is 5. The molecule has 0 fully saturated rings. The zero-order chi connectivity index (χ0) is 20.0. The number of rotatable bonds is 9. The number of benzene rings is 2. The number of aryl methyl sites for hydroxylation is 1. The Balaban J connectivity index is 1.39. The Labute approximate surface area is 169 Å². The fourth-order valence-electron chi connectivity index (χ4n) is 2.46. The van der Waals surface area contributed by atoms with Gasteiger partial charge in [0.1, 0.15) is 0 Å². The first-order valence-electron chi connectivity index (χ1n) is 8.77. The van der Waals surface area contributed by atoms with E-state index in [4.69, 9.17) is 20.5 Å². The van der Waals surface area contributed by atoms with Crippen molar-refractivity contribution in [1.82, 2.24) is 9.78 Å². The van der Waals surface area contributed by atoms with Crippen molar-refractivity contribution in [3.63, 3.8) is 0 Å². The van der Waals surface area contributed by atoms with Gasteiger partial charge in [-0.25, -0.2) is 4.68 Å². The predicted octanol–water partition coefficient (Wildman–Crippen LogP) is 4.15. The molecule has 2 aromatic carbocycles. The highest BCUT2D eigenvalue weighted by atomic mass is 35.5. The molecule has 148 valence electrons. The van der Waals surface area contributed by atoms with Crippen LogP contribution in [-0.4, -0.2) is 31.4 Å². The topological polar surface area (TPSA) is 70.4 Å². The van der Waals surface area contributed by atoms with Gasteiger partial charge < -0.3 is 4.74 Å². The Kier molecular flexibility index (Phi) is 6.85. The summed E-state index contributed by atoms with van der Waals surface area (Å²) in [5.41, 5.74) is 2.82. The summed E-state index contributed by atoms with van der Waals surface area (Å²) >= 11 is 5.89. The second-order valence-electron chi connectivity index (χ2n) is 6.26. The third kappa shape index (κ3) is 5.65. The van der Waals surface area contributed by atoms with Gasteiger partial charge in [0.15, 0.2) is 0 Å². The van der Waals surface area contributed by atoms with Crippen LogP contribution in [0.5, 0.6) is 0 Å². The lowest BCUT2D eigenvalue weighted by atomic mass is 10.2. The van der Waals surface area contributed by atoms with E-state index in [1.54, 1.807) is 47.3 Å². The molecule has 0 N–H and O–H groups in total. The van der Waals surface area contributed by atoms with Crippen molar-refractivity contribution in [3.05, 3.63) is 77.1 Å². The highest BCUT2D eigenvalue weighted by molar-refractivity contribution is 7.86. The summed E-state index contributed by atoms with van der Waals surface area (Å²) in [6.07, 6.45) is 4.07. The van der Waals surface area contributed by atoms with Crippen LogP contribution in [0, 0.1) is 6.92 Å². The zero-order valence-electron chi connectivity index (χ0n) is 15.4. The van der Waals surface area contributed by atoms with Crippen LogP contribution in [0.1, 0.15) is 17.5 Å². The van der Waals surface area contributed by atoms with E-state index in [1.165, 1.54) is 0 Å². The first-order valence-corrected chi connectivity index (χ1v) is 10.6. The van der Waals surface area contributed by atoms with Crippen LogP contribution in [0.3, 0.4) is 0 Å². The number of hydrogen-bond donors (Lipinski definition) is 0. The van der Waals surface area contributed by atoms with Crippen LogP contribution in [-0.2, 0) is 25.6 Å². The Morgan fingerprint density at radius 2 is 1.75 bits per heavy atom. The van der Waals surface area contributed by atoms with E-state index in [0.29, 0.717) is 24.7 Å². The molecular weight excluding hydrogens is 400 g/mol. The van der Waals surface area contributed by atoms with E-state index in [9.17, 15) is 8.42 Å². The third-order valence-corrected chi connectivity index (χ3v) is 5.56. The first-order chi connectivity index (χ1) is 13.4. The highest BCUT2D eigenvalue weighted by Crippen LogP contribution is 2.15. The Morgan fingerprint density at radius 1 is 1.04 bits per heavy atom. The van der Waals surface area contributed by atoms with Gasteiger partial charge in [-0.15, -0.1) is 0 Å². The van der Waals surface area contributed by atoms with Crippen LogP contribution in [0.2, 0.25) is 5.02 Å². The molecule has 0 amide bonds. The molecule has 0 atom stereocenters. The predicted molar refractivity (Wildman–Crippen MR) is 107 cm³/mol. The fourth-order valence-corrected chi connectivity index (χ4v) is 3.53. The smallest absolute Gasteiger partial charge is 0.296 e. The van der Waals surface area contributed by atoms with Crippen molar-refractivity contribution in [3.8, 4) is 5.69 Å². The molecule has 0 unspecified atom stereocenters. The quantitative estimate of drug-likeness (QED) is 0.384. The van der Waals surface area contributed by atoms with Crippen LogP contribution in [0.15, 0.2) is 65.8 Å². The van der Waals surface area contributed by atoms with E-state index in [2.05, 4.69) is 5.10 Å². The van der Waals surface area contributed by atoms with Gasteiger partial charge in [0.25, 0.3) is 10.1 Å².